The van der Waals surface area contributed by atoms with Crippen molar-refractivity contribution >= 4 is 11.7 Å². The van der Waals surface area contributed by atoms with Gasteiger partial charge in [0.05, 0.1) is 18.7 Å². The highest BCUT2D eigenvalue weighted by Crippen LogP contribution is 2.16. The number of carbonyl (C=O) groups excluding carboxylic acids is 1. The predicted molar refractivity (Wildman–Crippen MR) is 56.1 cm³/mol. The van der Waals surface area contributed by atoms with Gasteiger partial charge >= 0.3 is 5.97 Å². The molecule has 4 heteroatoms. The molecule has 0 aliphatic rings. The monoisotopic (exact) mass is 204 g/mol. The van der Waals surface area contributed by atoms with E-state index in [0.717, 1.165) is 5.56 Å². The highest BCUT2D eigenvalue weighted by Gasteiger charge is 2.10. The number of benzene rings is 1. The zero-order valence-corrected chi connectivity index (χ0v) is 8.49. The molecule has 2 N–H and O–H groups in total. The molecule has 15 heavy (non-hydrogen) atoms. The van der Waals surface area contributed by atoms with Gasteiger partial charge < -0.3 is 10.5 Å². The van der Waals surface area contributed by atoms with Crippen LogP contribution in [0.1, 0.15) is 22.3 Å². The van der Waals surface area contributed by atoms with Gasteiger partial charge in [-0.1, -0.05) is 6.07 Å². The molecule has 0 aliphatic carbocycles. The molecule has 0 bridgehead atoms. The Labute approximate surface area is 88.3 Å². The number of nitrogens with zero attached hydrogens (tertiary/aromatic N) is 1. The number of nitrogen functional groups attached to an aromatic ring is 1. The van der Waals surface area contributed by atoms with Gasteiger partial charge in [-0.2, -0.15) is 5.26 Å². The number of methoxy groups -OCH3 is 1. The van der Waals surface area contributed by atoms with Crippen molar-refractivity contribution < 1.29 is 9.53 Å². The summed E-state index contributed by atoms with van der Waals surface area (Å²) in [5, 5.41) is 8.44. The zero-order valence-electron chi connectivity index (χ0n) is 8.49. The molecule has 0 saturated carbocycles. The van der Waals surface area contributed by atoms with Crippen LogP contribution in [-0.4, -0.2) is 13.1 Å². The molecule has 0 aliphatic heterocycles. The summed E-state index contributed by atoms with van der Waals surface area (Å²) < 4.78 is 4.59. The van der Waals surface area contributed by atoms with E-state index in [1.54, 1.807) is 18.2 Å². The lowest BCUT2D eigenvalue weighted by atomic mass is 10.1. The minimum atomic E-state index is -0.452. The van der Waals surface area contributed by atoms with Gasteiger partial charge in [0.25, 0.3) is 0 Å². The van der Waals surface area contributed by atoms with Crippen molar-refractivity contribution in [2.24, 2.45) is 0 Å². The van der Waals surface area contributed by atoms with Crippen LogP contribution in [0.3, 0.4) is 0 Å². The number of ether oxygens (including phenoxy) is 1. The maximum Gasteiger partial charge on any atom is 0.339 e. The van der Waals surface area contributed by atoms with Crippen molar-refractivity contribution in [1.29, 1.82) is 5.26 Å². The second kappa shape index (κ2) is 5.01. The first-order chi connectivity index (χ1) is 7.19. The normalized spacial score (nSPS) is 9.33. The quantitative estimate of drug-likeness (QED) is 0.598. The van der Waals surface area contributed by atoms with Gasteiger partial charge in [0.15, 0.2) is 0 Å². The van der Waals surface area contributed by atoms with Crippen molar-refractivity contribution in [2.45, 2.75) is 12.8 Å². The van der Waals surface area contributed by atoms with Crippen LogP contribution in [-0.2, 0) is 11.2 Å². The van der Waals surface area contributed by atoms with Crippen molar-refractivity contribution in [1.82, 2.24) is 0 Å². The first-order valence-electron chi connectivity index (χ1n) is 4.52. The highest BCUT2D eigenvalue weighted by atomic mass is 16.5. The van der Waals surface area contributed by atoms with Gasteiger partial charge in [0.1, 0.15) is 0 Å². The van der Waals surface area contributed by atoms with Gasteiger partial charge in [-0.3, -0.25) is 0 Å². The van der Waals surface area contributed by atoms with Gasteiger partial charge in [0, 0.05) is 12.1 Å². The molecule has 4 nitrogen and oxygen atoms in total. The van der Waals surface area contributed by atoms with Crippen molar-refractivity contribution in [3.05, 3.63) is 29.3 Å². The van der Waals surface area contributed by atoms with Gasteiger partial charge in [-0.15, -0.1) is 0 Å². The fourth-order valence-electron chi connectivity index (χ4n) is 1.25. The fraction of sp³-hybridized carbons (Fsp3) is 0.273. The Hall–Kier alpha value is -2.02. The zero-order chi connectivity index (χ0) is 11.3. The maximum atomic E-state index is 11.3. The first-order valence-corrected chi connectivity index (χ1v) is 4.52. The number of carbonyl (C=O) groups is 1. The van der Waals surface area contributed by atoms with Crippen molar-refractivity contribution in [3.8, 4) is 6.07 Å². The van der Waals surface area contributed by atoms with Gasteiger partial charge in [-0.05, 0) is 24.1 Å². The smallest absolute Gasteiger partial charge is 0.339 e. The molecule has 0 heterocycles. The van der Waals surface area contributed by atoms with Crippen LogP contribution in [0, 0.1) is 11.3 Å². The van der Waals surface area contributed by atoms with Gasteiger partial charge in [0.2, 0.25) is 0 Å². The Morgan fingerprint density at radius 3 is 2.93 bits per heavy atom. The van der Waals surface area contributed by atoms with E-state index in [1.807, 2.05) is 6.07 Å². The highest BCUT2D eigenvalue weighted by molar-refractivity contribution is 5.95. The number of nitrogens with two attached hydrogens (primary N) is 1. The second-order valence-corrected chi connectivity index (χ2v) is 3.07. The van der Waals surface area contributed by atoms with E-state index in [2.05, 4.69) is 4.74 Å². The van der Waals surface area contributed by atoms with Gasteiger partial charge in [-0.25, -0.2) is 4.79 Å². The van der Waals surface area contributed by atoms with E-state index < -0.39 is 5.97 Å². The molecular formula is C11H12N2O2. The van der Waals surface area contributed by atoms with Crippen LogP contribution < -0.4 is 5.73 Å². The van der Waals surface area contributed by atoms with Crippen molar-refractivity contribution in [3.63, 3.8) is 0 Å². The molecule has 0 atom stereocenters. The molecule has 0 fully saturated rings. The molecule has 0 spiro atoms. The van der Waals surface area contributed by atoms with Crippen LogP contribution in [0.15, 0.2) is 18.2 Å². The number of hydrogen-bond acceptors (Lipinski definition) is 4. The Bertz CT molecular complexity index is 408. The van der Waals surface area contributed by atoms with Crippen LogP contribution in [0.25, 0.3) is 0 Å². The third kappa shape index (κ3) is 2.71. The number of hydrogen-bond donors (Lipinski definition) is 1. The summed E-state index contributed by atoms with van der Waals surface area (Å²) >= 11 is 0. The SMILES string of the molecule is COC(=O)c1cc(CCC#N)ccc1N. The Kier molecular flexibility index (Phi) is 3.69. The topological polar surface area (TPSA) is 76.1 Å². The van der Waals surface area contributed by atoms with E-state index in [1.165, 1.54) is 7.11 Å². The number of esters is 1. The Balaban J connectivity index is 2.96. The number of anilines is 1. The van der Waals surface area contributed by atoms with Crippen LogP contribution in [0.4, 0.5) is 5.69 Å². The molecule has 0 radical (unpaired) electrons. The van der Waals surface area contributed by atoms with E-state index in [4.69, 9.17) is 11.0 Å². The van der Waals surface area contributed by atoms with Crippen LogP contribution in [0.2, 0.25) is 0 Å². The summed E-state index contributed by atoms with van der Waals surface area (Å²) in [4.78, 5) is 11.3. The summed E-state index contributed by atoms with van der Waals surface area (Å²) in [5.41, 5.74) is 7.28. The molecule has 0 saturated heterocycles. The summed E-state index contributed by atoms with van der Waals surface area (Å²) in [6, 6.07) is 7.17. The first kappa shape index (κ1) is 11.1. The van der Waals surface area contributed by atoms with E-state index in [0.29, 0.717) is 24.1 Å². The van der Waals surface area contributed by atoms with Crippen LogP contribution >= 0.6 is 0 Å². The average Bonchev–Trinajstić information content (AvgIpc) is 2.27. The number of nitriles is 1. The van der Waals surface area contributed by atoms with Crippen LogP contribution in [0.5, 0.6) is 0 Å². The summed E-state index contributed by atoms with van der Waals surface area (Å²) in [5.74, 6) is -0.452. The minimum Gasteiger partial charge on any atom is -0.465 e. The van der Waals surface area contributed by atoms with E-state index >= 15 is 0 Å². The standard InChI is InChI=1S/C11H12N2O2/c1-15-11(14)9-7-8(3-2-6-12)4-5-10(9)13/h4-5,7H,2-3,13H2,1H3. The largest absolute Gasteiger partial charge is 0.465 e. The Morgan fingerprint density at radius 1 is 1.60 bits per heavy atom. The lowest BCUT2D eigenvalue weighted by molar-refractivity contribution is 0.0602. The summed E-state index contributed by atoms with van der Waals surface area (Å²) in [7, 11) is 1.31. The lowest BCUT2D eigenvalue weighted by Crippen LogP contribution is -2.06. The summed E-state index contributed by atoms with van der Waals surface area (Å²) in [6.45, 7) is 0. The molecular weight excluding hydrogens is 192 g/mol. The molecule has 78 valence electrons. The molecule has 0 unspecified atom stereocenters. The third-order valence-corrected chi connectivity index (χ3v) is 2.05. The molecule has 1 rings (SSSR count). The molecule has 0 amide bonds. The molecule has 1 aromatic rings. The van der Waals surface area contributed by atoms with E-state index in [9.17, 15) is 4.79 Å². The number of aryl methyl sites for hydroxylation is 1. The predicted octanol–water partition coefficient (Wildman–Crippen LogP) is 1.51. The minimum absolute atomic E-state index is 0.355. The maximum absolute atomic E-state index is 11.3. The third-order valence-electron chi connectivity index (χ3n) is 2.05. The fourth-order valence-corrected chi connectivity index (χ4v) is 1.25. The molecule has 0 aromatic heterocycles. The summed E-state index contributed by atoms with van der Waals surface area (Å²) in [6.07, 6.45) is 1.03. The Morgan fingerprint density at radius 2 is 2.33 bits per heavy atom. The van der Waals surface area contributed by atoms with Crippen molar-refractivity contribution in [2.75, 3.05) is 12.8 Å². The molecule has 1 aromatic carbocycles. The second-order valence-electron chi connectivity index (χ2n) is 3.07. The van der Waals surface area contributed by atoms with E-state index in [-0.39, 0.29) is 0 Å². The lowest BCUT2D eigenvalue weighted by Gasteiger charge is -2.05. The average molecular weight is 204 g/mol. The number of rotatable bonds is 3.